The number of hydrogen-bond acceptors (Lipinski definition) is 3. The Kier molecular flexibility index (Phi) is 7.26. The van der Waals surface area contributed by atoms with Gasteiger partial charge in [0.1, 0.15) is 24.0 Å². The molecule has 3 aromatic carbocycles. The molecule has 3 rings (SSSR count). The first-order valence-corrected chi connectivity index (χ1v) is 10.6. The predicted molar refractivity (Wildman–Crippen MR) is 124 cm³/mol. The molecular formula is C25H23BrN2O2. The topological polar surface area (TPSA) is 62.1 Å². The van der Waals surface area contributed by atoms with Crippen molar-refractivity contribution in [1.82, 2.24) is 5.32 Å². The van der Waals surface area contributed by atoms with E-state index in [1.54, 1.807) is 6.08 Å². The van der Waals surface area contributed by atoms with E-state index in [9.17, 15) is 10.1 Å². The van der Waals surface area contributed by atoms with Gasteiger partial charge in [-0.3, -0.25) is 4.79 Å². The van der Waals surface area contributed by atoms with Crippen molar-refractivity contribution >= 4 is 38.7 Å². The van der Waals surface area contributed by atoms with Crippen LogP contribution in [0.25, 0.3) is 16.8 Å². The Hall–Kier alpha value is -3.10. The van der Waals surface area contributed by atoms with Crippen molar-refractivity contribution in [2.75, 3.05) is 0 Å². The van der Waals surface area contributed by atoms with E-state index in [1.807, 2.05) is 56.3 Å². The highest BCUT2D eigenvalue weighted by Crippen LogP contribution is 2.29. The van der Waals surface area contributed by atoms with Crippen LogP contribution in [0.5, 0.6) is 5.75 Å². The number of ether oxygens (including phenoxy) is 1. The summed E-state index contributed by atoms with van der Waals surface area (Å²) in [5.41, 5.74) is 1.93. The summed E-state index contributed by atoms with van der Waals surface area (Å²) >= 11 is 3.53. The van der Waals surface area contributed by atoms with E-state index in [4.69, 9.17) is 4.74 Å². The number of carbonyl (C=O) groups excluding carboxylic acids is 1. The normalized spacial score (nSPS) is 12.3. The van der Waals surface area contributed by atoms with Crippen molar-refractivity contribution < 1.29 is 9.53 Å². The Balaban J connectivity index is 1.75. The van der Waals surface area contributed by atoms with Gasteiger partial charge in [-0.15, -0.1) is 0 Å². The zero-order chi connectivity index (χ0) is 21.5. The van der Waals surface area contributed by atoms with Gasteiger partial charge in [-0.2, -0.15) is 5.26 Å². The van der Waals surface area contributed by atoms with Crippen LogP contribution in [-0.4, -0.2) is 11.9 Å². The molecule has 0 bridgehead atoms. The molecule has 30 heavy (non-hydrogen) atoms. The Labute approximate surface area is 185 Å². The summed E-state index contributed by atoms with van der Waals surface area (Å²) in [5.74, 6) is 0.335. The molecular weight excluding hydrogens is 440 g/mol. The standard InChI is InChI=1S/C25H23BrN2O2/c1-3-17(2)28-25(29)21(15-27)13-18-11-12-24(23(26)14-18)30-16-20-9-6-8-19-7-4-5-10-22(19)20/h4-14,17H,3,16H2,1-2H3,(H,28,29)/b21-13+/t17-/m1/s1. The molecule has 0 spiro atoms. The Morgan fingerprint density at radius 1 is 1.20 bits per heavy atom. The number of halogens is 1. The van der Waals surface area contributed by atoms with Gasteiger partial charge in [0.2, 0.25) is 0 Å². The molecule has 0 aliphatic carbocycles. The monoisotopic (exact) mass is 462 g/mol. The van der Waals surface area contributed by atoms with Gasteiger partial charge in [-0.1, -0.05) is 55.5 Å². The maximum Gasteiger partial charge on any atom is 0.262 e. The van der Waals surface area contributed by atoms with Gasteiger partial charge < -0.3 is 10.1 Å². The number of hydrogen-bond donors (Lipinski definition) is 1. The number of carbonyl (C=O) groups is 1. The summed E-state index contributed by atoms with van der Waals surface area (Å²) in [6, 6.07) is 21.9. The van der Waals surface area contributed by atoms with Crippen LogP contribution in [0.1, 0.15) is 31.4 Å². The van der Waals surface area contributed by atoms with E-state index < -0.39 is 0 Å². The SMILES string of the molecule is CC[C@@H](C)NC(=O)/C(C#N)=C/c1ccc(OCc2cccc3ccccc23)c(Br)c1. The summed E-state index contributed by atoms with van der Waals surface area (Å²) < 4.78 is 6.78. The van der Waals surface area contributed by atoms with Crippen molar-refractivity contribution in [2.45, 2.75) is 32.9 Å². The first kappa shape index (κ1) is 21.6. The van der Waals surface area contributed by atoms with Crippen LogP contribution in [0.3, 0.4) is 0 Å². The summed E-state index contributed by atoms with van der Waals surface area (Å²) in [6.07, 6.45) is 2.38. The van der Waals surface area contributed by atoms with Gasteiger partial charge in [0, 0.05) is 6.04 Å². The number of nitriles is 1. The molecule has 0 aliphatic heterocycles. The minimum absolute atomic E-state index is 0.0193. The molecule has 0 fully saturated rings. The second-order valence-electron chi connectivity index (χ2n) is 7.07. The molecule has 3 aromatic rings. The molecule has 5 heteroatoms. The average molecular weight is 463 g/mol. The summed E-state index contributed by atoms with van der Waals surface area (Å²) in [4.78, 5) is 12.2. The quantitative estimate of drug-likeness (QED) is 0.345. The molecule has 0 unspecified atom stereocenters. The lowest BCUT2D eigenvalue weighted by molar-refractivity contribution is -0.117. The Morgan fingerprint density at radius 2 is 1.97 bits per heavy atom. The number of nitrogens with one attached hydrogen (secondary N) is 1. The second kappa shape index (κ2) is 10.1. The smallest absolute Gasteiger partial charge is 0.262 e. The average Bonchev–Trinajstić information content (AvgIpc) is 2.76. The molecule has 1 amide bonds. The van der Waals surface area contributed by atoms with Crippen LogP contribution in [0.15, 0.2) is 70.7 Å². The van der Waals surface area contributed by atoms with E-state index in [0.29, 0.717) is 12.4 Å². The second-order valence-corrected chi connectivity index (χ2v) is 7.92. The van der Waals surface area contributed by atoms with Crippen molar-refractivity contribution in [1.29, 1.82) is 5.26 Å². The van der Waals surface area contributed by atoms with Gasteiger partial charge in [0.05, 0.1) is 4.47 Å². The van der Waals surface area contributed by atoms with Crippen LogP contribution < -0.4 is 10.1 Å². The highest BCUT2D eigenvalue weighted by molar-refractivity contribution is 9.10. The fourth-order valence-electron chi connectivity index (χ4n) is 3.02. The molecule has 0 saturated heterocycles. The van der Waals surface area contributed by atoms with Crippen molar-refractivity contribution in [3.05, 3.63) is 81.8 Å². The minimum atomic E-state index is -0.362. The highest BCUT2D eigenvalue weighted by atomic mass is 79.9. The number of rotatable bonds is 7. The van der Waals surface area contributed by atoms with Gasteiger partial charge in [-0.25, -0.2) is 0 Å². The molecule has 0 heterocycles. The summed E-state index contributed by atoms with van der Waals surface area (Å²) in [7, 11) is 0. The largest absolute Gasteiger partial charge is 0.488 e. The summed E-state index contributed by atoms with van der Waals surface area (Å²) in [5, 5.41) is 14.5. The number of fused-ring (bicyclic) bond motifs is 1. The Bertz CT molecular complexity index is 1130. The molecule has 1 atom stereocenters. The molecule has 1 N–H and O–H groups in total. The van der Waals surface area contributed by atoms with E-state index >= 15 is 0 Å². The zero-order valence-electron chi connectivity index (χ0n) is 17.0. The number of amides is 1. The van der Waals surface area contributed by atoms with Gasteiger partial charge in [0.15, 0.2) is 0 Å². The highest BCUT2D eigenvalue weighted by Gasteiger charge is 2.12. The number of nitrogens with zero attached hydrogens (tertiary/aromatic N) is 1. The third-order valence-corrected chi connectivity index (χ3v) is 5.50. The number of benzene rings is 3. The van der Waals surface area contributed by atoms with E-state index in [0.717, 1.165) is 22.0 Å². The summed E-state index contributed by atoms with van der Waals surface area (Å²) in [6.45, 7) is 4.33. The van der Waals surface area contributed by atoms with Crippen molar-refractivity contribution in [2.24, 2.45) is 0 Å². The third-order valence-electron chi connectivity index (χ3n) is 4.88. The van der Waals surface area contributed by atoms with Gasteiger partial charge >= 0.3 is 0 Å². The van der Waals surface area contributed by atoms with Crippen molar-refractivity contribution in [3.63, 3.8) is 0 Å². The molecule has 0 aromatic heterocycles. The maximum absolute atomic E-state index is 12.2. The first-order chi connectivity index (χ1) is 14.5. The fourth-order valence-corrected chi connectivity index (χ4v) is 3.53. The fraction of sp³-hybridized carbons (Fsp3) is 0.200. The molecule has 152 valence electrons. The molecule has 0 aliphatic rings. The van der Waals surface area contributed by atoms with Crippen LogP contribution in [0.4, 0.5) is 0 Å². The van der Waals surface area contributed by atoms with Gasteiger partial charge in [0.25, 0.3) is 5.91 Å². The zero-order valence-corrected chi connectivity index (χ0v) is 18.6. The molecule has 0 saturated carbocycles. The lowest BCUT2D eigenvalue weighted by atomic mass is 10.1. The molecule has 0 radical (unpaired) electrons. The lowest BCUT2D eigenvalue weighted by Crippen LogP contribution is -2.32. The third kappa shape index (κ3) is 5.28. The predicted octanol–water partition coefficient (Wildman–Crippen LogP) is 6.00. The van der Waals surface area contributed by atoms with Crippen LogP contribution in [0, 0.1) is 11.3 Å². The minimum Gasteiger partial charge on any atom is -0.488 e. The van der Waals surface area contributed by atoms with Crippen LogP contribution in [0.2, 0.25) is 0 Å². The van der Waals surface area contributed by atoms with E-state index in [1.165, 1.54) is 10.8 Å². The van der Waals surface area contributed by atoms with Crippen LogP contribution in [-0.2, 0) is 11.4 Å². The van der Waals surface area contributed by atoms with Crippen LogP contribution >= 0.6 is 15.9 Å². The molecule has 4 nitrogen and oxygen atoms in total. The van der Waals surface area contributed by atoms with E-state index in [-0.39, 0.29) is 17.5 Å². The van der Waals surface area contributed by atoms with Crippen molar-refractivity contribution in [3.8, 4) is 11.8 Å². The van der Waals surface area contributed by atoms with E-state index in [2.05, 4.69) is 45.5 Å². The van der Waals surface area contributed by atoms with Gasteiger partial charge in [-0.05, 0) is 69.4 Å². The Morgan fingerprint density at radius 3 is 2.70 bits per heavy atom. The first-order valence-electron chi connectivity index (χ1n) is 9.83. The maximum atomic E-state index is 12.2. The lowest BCUT2D eigenvalue weighted by Gasteiger charge is -2.12.